The molecule has 0 amide bonds. The average Bonchev–Trinajstić information content (AvgIpc) is 3.20. The molecule has 2 unspecified atom stereocenters. The predicted molar refractivity (Wildman–Crippen MR) is 108 cm³/mol. The second-order valence-electron chi connectivity index (χ2n) is 7.66. The third-order valence-corrected chi connectivity index (χ3v) is 7.06. The summed E-state index contributed by atoms with van der Waals surface area (Å²) in [6.45, 7) is 6.83. The third-order valence-electron chi connectivity index (χ3n) is 5.31. The fourth-order valence-electron chi connectivity index (χ4n) is 3.57. The summed E-state index contributed by atoms with van der Waals surface area (Å²) >= 11 is 0. The van der Waals surface area contributed by atoms with Crippen LogP contribution in [0, 0.1) is 20.8 Å². The Morgan fingerprint density at radius 3 is 2.68 bits per heavy atom. The molecule has 1 aromatic heterocycles. The van der Waals surface area contributed by atoms with Gasteiger partial charge in [-0.1, -0.05) is 12.1 Å². The van der Waals surface area contributed by atoms with Crippen molar-refractivity contribution in [1.29, 1.82) is 0 Å². The topological polar surface area (TPSA) is 80.0 Å². The number of rotatable bonds is 8. The van der Waals surface area contributed by atoms with E-state index in [1.807, 2.05) is 56.0 Å². The molecule has 0 spiro atoms. The summed E-state index contributed by atoms with van der Waals surface area (Å²) in [4.78, 5) is 2.00. The second-order valence-corrected chi connectivity index (χ2v) is 9.89. The monoisotopic (exact) mass is 407 g/mol. The van der Waals surface area contributed by atoms with Crippen molar-refractivity contribution in [2.24, 2.45) is 0 Å². The van der Waals surface area contributed by atoms with Crippen LogP contribution in [0.1, 0.15) is 29.1 Å². The van der Waals surface area contributed by atoms with Gasteiger partial charge in [-0.3, -0.25) is 4.90 Å². The minimum absolute atomic E-state index is 0.120. The molecule has 154 valence electrons. The van der Waals surface area contributed by atoms with E-state index in [9.17, 15) is 13.5 Å². The van der Waals surface area contributed by atoms with E-state index in [0.29, 0.717) is 19.5 Å². The van der Waals surface area contributed by atoms with E-state index in [1.54, 1.807) is 0 Å². The summed E-state index contributed by atoms with van der Waals surface area (Å²) in [5.74, 6) is 2.66. The highest BCUT2D eigenvalue weighted by molar-refractivity contribution is 7.91. The van der Waals surface area contributed by atoms with Crippen LogP contribution in [0.5, 0.6) is 5.75 Å². The summed E-state index contributed by atoms with van der Waals surface area (Å²) in [6.07, 6.45) is -0.161. The Morgan fingerprint density at radius 1 is 1.25 bits per heavy atom. The number of ether oxygens (including phenoxy) is 1. The highest BCUT2D eigenvalue weighted by atomic mass is 32.2. The molecule has 3 rings (SSSR count). The molecular weight excluding hydrogens is 378 g/mol. The molecule has 0 saturated carbocycles. The summed E-state index contributed by atoms with van der Waals surface area (Å²) in [5, 5.41) is 10.6. The number of furan rings is 1. The van der Waals surface area contributed by atoms with Gasteiger partial charge in [-0.05, 0) is 56.5 Å². The van der Waals surface area contributed by atoms with E-state index < -0.39 is 15.9 Å². The van der Waals surface area contributed by atoms with Gasteiger partial charge in [0, 0.05) is 12.6 Å². The van der Waals surface area contributed by atoms with E-state index in [-0.39, 0.29) is 24.2 Å². The zero-order chi connectivity index (χ0) is 20.3. The van der Waals surface area contributed by atoms with Gasteiger partial charge in [-0.15, -0.1) is 0 Å². The van der Waals surface area contributed by atoms with Crippen molar-refractivity contribution in [1.82, 2.24) is 4.90 Å². The number of benzene rings is 1. The smallest absolute Gasteiger partial charge is 0.151 e. The largest absolute Gasteiger partial charge is 0.491 e. The number of hydrogen-bond donors (Lipinski definition) is 1. The van der Waals surface area contributed by atoms with Gasteiger partial charge in [-0.2, -0.15) is 0 Å². The second kappa shape index (κ2) is 8.68. The fourth-order valence-corrected chi connectivity index (χ4v) is 5.33. The first kappa shape index (κ1) is 20.9. The molecule has 1 saturated heterocycles. The van der Waals surface area contributed by atoms with Crippen molar-refractivity contribution >= 4 is 9.84 Å². The van der Waals surface area contributed by atoms with Crippen molar-refractivity contribution in [3.63, 3.8) is 0 Å². The van der Waals surface area contributed by atoms with Crippen LogP contribution in [0.2, 0.25) is 0 Å². The van der Waals surface area contributed by atoms with Crippen LogP contribution < -0.4 is 4.74 Å². The van der Waals surface area contributed by atoms with E-state index >= 15 is 0 Å². The van der Waals surface area contributed by atoms with Crippen LogP contribution in [-0.4, -0.2) is 55.2 Å². The van der Waals surface area contributed by atoms with Crippen LogP contribution in [-0.2, 0) is 16.4 Å². The molecule has 0 radical (unpaired) electrons. The van der Waals surface area contributed by atoms with Gasteiger partial charge in [0.05, 0.1) is 18.1 Å². The molecular formula is C21H29NO5S. The standard InChI is InChI=1S/C21H29NO5S/c1-15-5-4-6-21(17(15)3)26-13-19(23)11-22(12-20-8-7-16(2)27-20)18-9-10-28(24,25)14-18/h4-8,18-19,23H,9-14H2,1-3H3. The van der Waals surface area contributed by atoms with Crippen molar-refractivity contribution < 1.29 is 22.7 Å². The lowest BCUT2D eigenvalue weighted by Gasteiger charge is -2.29. The lowest BCUT2D eigenvalue weighted by atomic mass is 10.1. The summed E-state index contributed by atoms with van der Waals surface area (Å²) < 4.78 is 35.3. The van der Waals surface area contributed by atoms with Crippen molar-refractivity contribution in [3.8, 4) is 5.75 Å². The Labute approximate surface area is 167 Å². The van der Waals surface area contributed by atoms with E-state index in [2.05, 4.69) is 0 Å². The normalized spacial score (nSPS) is 19.8. The number of aliphatic hydroxyl groups excluding tert-OH is 1. The maximum atomic E-state index is 11.9. The zero-order valence-electron chi connectivity index (χ0n) is 16.7. The van der Waals surface area contributed by atoms with E-state index in [4.69, 9.17) is 9.15 Å². The van der Waals surface area contributed by atoms with Gasteiger partial charge in [0.2, 0.25) is 0 Å². The van der Waals surface area contributed by atoms with Gasteiger partial charge >= 0.3 is 0 Å². The lowest BCUT2D eigenvalue weighted by molar-refractivity contribution is 0.0494. The van der Waals surface area contributed by atoms with Crippen LogP contribution in [0.25, 0.3) is 0 Å². The first-order valence-electron chi connectivity index (χ1n) is 9.60. The molecule has 1 aliphatic rings. The molecule has 28 heavy (non-hydrogen) atoms. The summed E-state index contributed by atoms with van der Waals surface area (Å²) in [7, 11) is -3.01. The first-order valence-corrected chi connectivity index (χ1v) is 11.4. The van der Waals surface area contributed by atoms with Crippen molar-refractivity contribution in [2.75, 3.05) is 24.7 Å². The number of aryl methyl sites for hydroxylation is 2. The molecule has 1 fully saturated rings. The van der Waals surface area contributed by atoms with Crippen LogP contribution in [0.15, 0.2) is 34.7 Å². The van der Waals surface area contributed by atoms with Crippen LogP contribution >= 0.6 is 0 Å². The fraction of sp³-hybridized carbons (Fsp3) is 0.524. The summed E-state index contributed by atoms with van der Waals surface area (Å²) in [5.41, 5.74) is 2.19. The summed E-state index contributed by atoms with van der Waals surface area (Å²) in [6, 6.07) is 9.50. The molecule has 2 aromatic rings. The Balaban J connectivity index is 1.65. The van der Waals surface area contributed by atoms with Crippen LogP contribution in [0.3, 0.4) is 0 Å². The number of sulfone groups is 1. The van der Waals surface area contributed by atoms with Gasteiger partial charge < -0.3 is 14.3 Å². The highest BCUT2D eigenvalue weighted by Gasteiger charge is 2.33. The van der Waals surface area contributed by atoms with Crippen molar-refractivity contribution in [2.45, 2.75) is 45.9 Å². The quantitative estimate of drug-likeness (QED) is 0.725. The van der Waals surface area contributed by atoms with Gasteiger partial charge in [0.15, 0.2) is 9.84 Å². The predicted octanol–water partition coefficient (Wildman–Crippen LogP) is 2.63. The molecule has 1 N–H and O–H groups in total. The minimum Gasteiger partial charge on any atom is -0.491 e. The molecule has 1 aliphatic heterocycles. The Kier molecular flexibility index (Phi) is 6.47. The molecule has 7 heteroatoms. The zero-order valence-corrected chi connectivity index (χ0v) is 17.5. The van der Waals surface area contributed by atoms with E-state index in [0.717, 1.165) is 28.4 Å². The van der Waals surface area contributed by atoms with Gasteiger partial charge in [-0.25, -0.2) is 8.42 Å². The SMILES string of the molecule is Cc1ccc(CN(CC(O)COc2cccc(C)c2C)C2CCS(=O)(=O)C2)o1. The lowest BCUT2D eigenvalue weighted by Crippen LogP contribution is -2.42. The van der Waals surface area contributed by atoms with Crippen molar-refractivity contribution in [3.05, 3.63) is 53.0 Å². The Bertz CT molecular complexity index is 905. The van der Waals surface area contributed by atoms with Gasteiger partial charge in [0.25, 0.3) is 0 Å². The van der Waals surface area contributed by atoms with Crippen LogP contribution in [0.4, 0.5) is 0 Å². The Morgan fingerprint density at radius 2 is 2.04 bits per heavy atom. The number of hydrogen-bond acceptors (Lipinski definition) is 6. The molecule has 1 aromatic carbocycles. The van der Waals surface area contributed by atoms with Gasteiger partial charge in [0.1, 0.15) is 30.0 Å². The Hall–Kier alpha value is -1.83. The number of aliphatic hydroxyl groups is 1. The minimum atomic E-state index is -3.01. The maximum Gasteiger partial charge on any atom is 0.151 e. The maximum absolute atomic E-state index is 11.9. The number of nitrogens with zero attached hydrogens (tertiary/aromatic N) is 1. The molecule has 0 bridgehead atoms. The highest BCUT2D eigenvalue weighted by Crippen LogP contribution is 2.23. The molecule has 2 heterocycles. The third kappa shape index (κ3) is 5.37. The first-order chi connectivity index (χ1) is 13.2. The average molecular weight is 408 g/mol. The molecule has 0 aliphatic carbocycles. The van der Waals surface area contributed by atoms with E-state index in [1.165, 1.54) is 0 Å². The molecule has 6 nitrogen and oxygen atoms in total. The molecule has 2 atom stereocenters.